The summed E-state index contributed by atoms with van der Waals surface area (Å²) in [4.78, 5) is 11.1. The average molecular weight is 775 g/mol. The van der Waals surface area contributed by atoms with Gasteiger partial charge in [-0.05, 0) is 77.2 Å². The topological polar surface area (TPSA) is 35.6 Å². The summed E-state index contributed by atoms with van der Waals surface area (Å²) in [6, 6.07) is 51.4. The van der Waals surface area contributed by atoms with E-state index >= 15 is 0 Å². The van der Waals surface area contributed by atoms with E-state index in [0.29, 0.717) is 5.95 Å². The van der Waals surface area contributed by atoms with Crippen molar-refractivity contribution in [2.45, 2.75) is 52.4 Å². The maximum absolute atomic E-state index is 5.63. The summed E-state index contributed by atoms with van der Waals surface area (Å²) in [6.45, 7) is 13.3. The quantitative estimate of drug-likeness (QED) is 0.154. The number of allylic oxidation sites excluding steroid dienone is 1. The Hall–Kier alpha value is -7.04. The van der Waals surface area contributed by atoms with Crippen molar-refractivity contribution in [2.24, 2.45) is 0 Å². The smallest absolute Gasteiger partial charge is 0.235 e. The maximum Gasteiger partial charge on any atom is 0.235 e. The van der Waals surface area contributed by atoms with Crippen molar-refractivity contribution in [1.82, 2.24) is 19.1 Å². The van der Waals surface area contributed by atoms with Crippen LogP contribution in [0.25, 0.3) is 101 Å². The number of rotatable bonds is 8. The third kappa shape index (κ3) is 5.16. The second kappa shape index (κ2) is 13.8. The van der Waals surface area contributed by atoms with Gasteiger partial charge in [0.25, 0.3) is 0 Å². The Kier molecular flexibility index (Phi) is 8.28. The normalized spacial score (nSPS) is 13.3. The molecule has 4 nitrogen and oxygen atoms in total. The van der Waals surface area contributed by atoms with Gasteiger partial charge in [0, 0.05) is 43.5 Å². The highest BCUT2D eigenvalue weighted by Gasteiger charge is 2.39. The van der Waals surface area contributed by atoms with Crippen molar-refractivity contribution in [3.8, 4) is 34.0 Å². The van der Waals surface area contributed by atoms with Crippen molar-refractivity contribution in [1.29, 1.82) is 0 Å². The molecule has 290 valence electrons. The molecule has 0 radical (unpaired) electrons. The van der Waals surface area contributed by atoms with Crippen molar-refractivity contribution < 1.29 is 0 Å². The Morgan fingerprint density at radius 3 is 2.02 bits per heavy atom. The van der Waals surface area contributed by atoms with Crippen molar-refractivity contribution in [2.75, 3.05) is 0 Å². The van der Waals surface area contributed by atoms with E-state index in [1.54, 1.807) is 0 Å². The molecule has 0 atom stereocenters. The van der Waals surface area contributed by atoms with Gasteiger partial charge in [0.1, 0.15) is 0 Å². The maximum atomic E-state index is 5.63. The van der Waals surface area contributed by atoms with Crippen molar-refractivity contribution in [3.05, 3.63) is 180 Å². The van der Waals surface area contributed by atoms with E-state index in [-0.39, 0.29) is 5.41 Å². The molecule has 4 heteroatoms. The molecule has 0 saturated heterocycles. The van der Waals surface area contributed by atoms with Crippen LogP contribution in [0.3, 0.4) is 0 Å². The van der Waals surface area contributed by atoms with Crippen molar-refractivity contribution in [3.63, 3.8) is 0 Å². The highest BCUT2D eigenvalue weighted by Crippen LogP contribution is 2.54. The van der Waals surface area contributed by atoms with Gasteiger partial charge in [-0.15, -0.1) is 0 Å². The predicted octanol–water partition coefficient (Wildman–Crippen LogP) is 14.8. The molecule has 0 aliphatic heterocycles. The zero-order valence-electron chi connectivity index (χ0n) is 34.6. The molecule has 1 aliphatic carbocycles. The second-order valence-electron chi connectivity index (χ2n) is 16.8. The summed E-state index contributed by atoms with van der Waals surface area (Å²) in [6.07, 6.45) is 9.48. The van der Waals surface area contributed by atoms with Crippen LogP contribution in [0, 0.1) is 0 Å². The number of benzene rings is 7. The molecule has 0 amide bonds. The first kappa shape index (κ1) is 36.1. The number of fused-ring (bicyclic) bond motifs is 12. The minimum Gasteiger partial charge on any atom is -0.309 e. The molecule has 3 aromatic heterocycles. The largest absolute Gasteiger partial charge is 0.309 e. The number of aryl methyl sites for hydroxylation is 1. The molecule has 11 rings (SSSR count). The van der Waals surface area contributed by atoms with Gasteiger partial charge in [-0.3, -0.25) is 4.57 Å². The zero-order valence-corrected chi connectivity index (χ0v) is 34.6. The van der Waals surface area contributed by atoms with Crippen LogP contribution in [0.15, 0.2) is 152 Å². The Morgan fingerprint density at radius 1 is 0.650 bits per heavy atom. The van der Waals surface area contributed by atoms with E-state index in [1.165, 1.54) is 84.0 Å². The number of unbranched alkanes of at least 4 members (excludes halogenated alkanes) is 1. The van der Waals surface area contributed by atoms with Gasteiger partial charge in [0.15, 0.2) is 0 Å². The first-order valence-corrected chi connectivity index (χ1v) is 21.3. The van der Waals surface area contributed by atoms with Gasteiger partial charge < -0.3 is 4.57 Å². The fourth-order valence-electron chi connectivity index (χ4n) is 10.3. The molecule has 7 aromatic carbocycles. The lowest BCUT2D eigenvalue weighted by molar-refractivity contribution is 0.663. The molecule has 0 unspecified atom stereocenters. The van der Waals surface area contributed by atoms with Crippen LogP contribution in [0.2, 0.25) is 0 Å². The first-order chi connectivity index (χ1) is 29.4. The van der Waals surface area contributed by atoms with Crippen LogP contribution in [-0.4, -0.2) is 19.1 Å². The highest BCUT2D eigenvalue weighted by atomic mass is 15.2. The van der Waals surface area contributed by atoms with Crippen LogP contribution in [0.5, 0.6) is 0 Å². The minimum atomic E-state index is -0.284. The molecule has 0 spiro atoms. The summed E-state index contributed by atoms with van der Waals surface area (Å²) in [7, 11) is 0. The number of para-hydroxylation sites is 2. The third-order valence-corrected chi connectivity index (χ3v) is 13.0. The van der Waals surface area contributed by atoms with Gasteiger partial charge in [0.05, 0.1) is 39.1 Å². The predicted molar refractivity (Wildman–Crippen MR) is 255 cm³/mol. The van der Waals surface area contributed by atoms with E-state index in [0.717, 1.165) is 45.7 Å². The van der Waals surface area contributed by atoms with Crippen LogP contribution in [0.1, 0.15) is 68.5 Å². The fourth-order valence-corrected chi connectivity index (χ4v) is 10.3. The van der Waals surface area contributed by atoms with Gasteiger partial charge in [0.2, 0.25) is 5.95 Å². The van der Waals surface area contributed by atoms with Crippen LogP contribution in [0.4, 0.5) is 0 Å². The molecular weight excluding hydrogens is 729 g/mol. The number of hydrogen-bond acceptors (Lipinski definition) is 2. The van der Waals surface area contributed by atoms with E-state index in [9.17, 15) is 0 Å². The summed E-state index contributed by atoms with van der Waals surface area (Å²) >= 11 is 0. The first-order valence-electron chi connectivity index (χ1n) is 21.3. The molecule has 0 N–H and O–H groups in total. The Balaban J connectivity index is 1.32. The molecule has 10 aromatic rings. The molecule has 0 fully saturated rings. The second-order valence-corrected chi connectivity index (χ2v) is 16.8. The Labute approximate surface area is 350 Å². The minimum absolute atomic E-state index is 0.284. The van der Waals surface area contributed by atoms with Gasteiger partial charge in [-0.1, -0.05) is 167 Å². The molecule has 0 bridgehead atoms. The number of hydrogen-bond donors (Lipinski definition) is 0. The summed E-state index contributed by atoms with van der Waals surface area (Å²) in [5, 5.41) is 7.26. The van der Waals surface area contributed by atoms with Crippen LogP contribution < -0.4 is 0 Å². The molecular formula is C56H46N4. The summed E-state index contributed by atoms with van der Waals surface area (Å²) < 4.78 is 4.84. The fraction of sp³-hybridized carbons (Fsp3) is 0.143. The summed E-state index contributed by atoms with van der Waals surface area (Å²) in [5.74, 6) is 0.641. The molecule has 60 heavy (non-hydrogen) atoms. The van der Waals surface area contributed by atoms with E-state index in [4.69, 9.17) is 9.97 Å². The monoisotopic (exact) mass is 774 g/mol. The highest BCUT2D eigenvalue weighted by molar-refractivity contribution is 6.25. The van der Waals surface area contributed by atoms with Gasteiger partial charge in [-0.2, -0.15) is 0 Å². The Bertz CT molecular complexity index is 3360. The lowest BCUT2D eigenvalue weighted by Gasteiger charge is -2.23. The Morgan fingerprint density at radius 2 is 1.32 bits per heavy atom. The van der Waals surface area contributed by atoms with E-state index < -0.39 is 0 Å². The van der Waals surface area contributed by atoms with Crippen LogP contribution >= 0.6 is 0 Å². The van der Waals surface area contributed by atoms with E-state index in [2.05, 4.69) is 188 Å². The lowest BCUT2D eigenvalue weighted by Crippen LogP contribution is -2.17. The van der Waals surface area contributed by atoms with Gasteiger partial charge in [-0.25, -0.2) is 9.97 Å². The average Bonchev–Trinajstić information content (AvgIpc) is 3.88. The van der Waals surface area contributed by atoms with Crippen LogP contribution in [-0.2, 0) is 11.8 Å². The molecule has 0 saturated carbocycles. The van der Waals surface area contributed by atoms with E-state index in [1.807, 2.05) is 13.0 Å². The van der Waals surface area contributed by atoms with Crippen molar-refractivity contribution >= 4 is 66.5 Å². The number of nitrogens with zero attached hydrogens (tertiary/aromatic N) is 4. The lowest BCUT2D eigenvalue weighted by atomic mass is 9.81. The zero-order chi connectivity index (χ0) is 40.7. The number of aromatic nitrogens is 4. The summed E-state index contributed by atoms with van der Waals surface area (Å²) in [5.41, 5.74) is 15.6. The standard InChI is InChI=1S/C56H46N4/c1-6-9-19-35-28-30-36(31-29-35)53-37(8-3)46(18-7-2)57-55(58-53)60-50-34-49(59-47-26-16-13-21-39(47)40-22-14-17-27-48(40)59)41-23-10-11-24-42(41)51(50)44-33-32-43-38-20-12-15-25-45(38)56(4,5)52(43)54(44)60/h7-8,10-18,20-34H,3,6,9,19H2,1-2,4-5H3/b18-7-. The third-order valence-electron chi connectivity index (χ3n) is 13.0. The molecule has 3 heterocycles. The molecule has 1 aliphatic rings. The SMILES string of the molecule is C=Cc1c(/C=C\C)nc(-n2c3cc(-n4c5ccccc5c5ccccc54)c4ccccc4c3c3ccc4c(c32)C(C)(C)c2ccccc2-4)nc1-c1ccc(CCCC)cc1. The van der Waals surface area contributed by atoms with Gasteiger partial charge >= 0.3 is 0 Å².